The Balaban J connectivity index is 2.04. The molecule has 1 aromatic carbocycles. The molecule has 0 fully saturated rings. The highest BCUT2D eigenvalue weighted by Crippen LogP contribution is 2.23. The van der Waals surface area contributed by atoms with Crippen LogP contribution in [-0.4, -0.2) is 26.1 Å². The van der Waals surface area contributed by atoms with Crippen LogP contribution in [0.1, 0.15) is 31.1 Å². The Labute approximate surface area is 128 Å². The van der Waals surface area contributed by atoms with Crippen molar-refractivity contribution in [3.05, 3.63) is 41.7 Å². The van der Waals surface area contributed by atoms with Crippen molar-refractivity contribution in [2.24, 2.45) is 5.92 Å². The molecule has 1 heterocycles. The molecule has 0 aliphatic rings. The molecule has 0 amide bonds. The normalized spacial score (nSPS) is 12.6. The van der Waals surface area contributed by atoms with Crippen LogP contribution in [0.3, 0.4) is 0 Å². The number of aryl methyl sites for hydroxylation is 1. The number of carboxylic acids is 1. The largest absolute Gasteiger partial charge is 0.480 e. The quantitative estimate of drug-likeness (QED) is 0.830. The summed E-state index contributed by atoms with van der Waals surface area (Å²) in [5.41, 5.74) is 2.00. The minimum absolute atomic E-state index is 0.0403. The molecule has 5 nitrogen and oxygen atoms in total. The van der Waals surface area contributed by atoms with Gasteiger partial charge in [0, 0.05) is 10.6 Å². The summed E-state index contributed by atoms with van der Waals surface area (Å²) in [7, 11) is 0. The number of carboxylic acid groups (broad SMARTS) is 1. The summed E-state index contributed by atoms with van der Waals surface area (Å²) in [5, 5.41) is 17.3. The van der Waals surface area contributed by atoms with Crippen LogP contribution in [0.15, 0.2) is 35.4 Å². The van der Waals surface area contributed by atoms with Crippen molar-refractivity contribution in [3.8, 4) is 0 Å². The summed E-state index contributed by atoms with van der Waals surface area (Å²) in [4.78, 5) is 12.4. The number of rotatable bonds is 6. The van der Waals surface area contributed by atoms with Gasteiger partial charge in [-0.1, -0.05) is 36.8 Å². The van der Waals surface area contributed by atoms with E-state index in [0.717, 1.165) is 5.69 Å². The van der Waals surface area contributed by atoms with Gasteiger partial charge in [0.25, 0.3) is 0 Å². The Kier molecular flexibility index (Phi) is 5.01. The molecule has 2 rings (SSSR count). The van der Waals surface area contributed by atoms with Crippen LogP contribution in [0.25, 0.3) is 0 Å². The molecule has 0 aliphatic carbocycles. The first-order valence-electron chi connectivity index (χ1n) is 6.80. The predicted molar refractivity (Wildman–Crippen MR) is 82.3 cm³/mol. The minimum atomic E-state index is -0.882. The fourth-order valence-electron chi connectivity index (χ4n) is 2.08. The lowest BCUT2D eigenvalue weighted by molar-refractivity contribution is -0.142. The van der Waals surface area contributed by atoms with Crippen LogP contribution in [0.4, 0.5) is 0 Å². The van der Waals surface area contributed by atoms with E-state index in [1.807, 2.05) is 19.9 Å². The third kappa shape index (κ3) is 4.07. The standard InChI is InChI=1S/C15H19N3O2S/c1-10(2)14(15(19)20)18-8-12(16-17-18)9-21-13-6-4-5-11(3)7-13/h4-8,10,14H,9H2,1-3H3,(H,19,20)/t14-/m0/s1. The van der Waals surface area contributed by atoms with E-state index in [1.54, 1.807) is 18.0 Å². The second kappa shape index (κ2) is 6.76. The van der Waals surface area contributed by atoms with Crippen molar-refractivity contribution >= 4 is 17.7 Å². The summed E-state index contributed by atoms with van der Waals surface area (Å²) < 4.78 is 1.44. The first-order valence-corrected chi connectivity index (χ1v) is 7.79. The molecule has 0 spiro atoms. The van der Waals surface area contributed by atoms with Crippen LogP contribution in [0.2, 0.25) is 0 Å². The van der Waals surface area contributed by atoms with Gasteiger partial charge in [-0.15, -0.1) is 16.9 Å². The number of carbonyl (C=O) groups is 1. The number of aromatic nitrogens is 3. The summed E-state index contributed by atoms with van der Waals surface area (Å²) in [6.07, 6.45) is 1.72. The number of benzene rings is 1. The number of aliphatic carboxylic acids is 1. The second-order valence-corrected chi connectivity index (χ2v) is 6.37. The van der Waals surface area contributed by atoms with Crippen molar-refractivity contribution in [1.82, 2.24) is 15.0 Å². The maximum Gasteiger partial charge on any atom is 0.328 e. The zero-order valence-corrected chi connectivity index (χ0v) is 13.2. The molecule has 112 valence electrons. The third-order valence-electron chi connectivity index (χ3n) is 3.10. The van der Waals surface area contributed by atoms with Gasteiger partial charge in [0.1, 0.15) is 0 Å². The molecule has 0 saturated heterocycles. The van der Waals surface area contributed by atoms with E-state index >= 15 is 0 Å². The predicted octanol–water partition coefficient (Wildman–Crippen LogP) is 3.16. The van der Waals surface area contributed by atoms with Gasteiger partial charge in [0.05, 0.1) is 11.9 Å². The Hall–Kier alpha value is -1.82. The van der Waals surface area contributed by atoms with E-state index in [2.05, 4.69) is 35.4 Å². The van der Waals surface area contributed by atoms with E-state index < -0.39 is 12.0 Å². The van der Waals surface area contributed by atoms with Crippen molar-refractivity contribution in [2.45, 2.75) is 37.5 Å². The van der Waals surface area contributed by atoms with Crippen LogP contribution >= 0.6 is 11.8 Å². The lowest BCUT2D eigenvalue weighted by atomic mass is 10.1. The average molecular weight is 305 g/mol. The molecule has 21 heavy (non-hydrogen) atoms. The van der Waals surface area contributed by atoms with Crippen molar-refractivity contribution < 1.29 is 9.90 Å². The zero-order valence-electron chi connectivity index (χ0n) is 12.4. The molecule has 1 N–H and O–H groups in total. The molecule has 0 unspecified atom stereocenters. The van der Waals surface area contributed by atoms with Gasteiger partial charge in [-0.2, -0.15) is 0 Å². The van der Waals surface area contributed by atoms with E-state index in [0.29, 0.717) is 5.75 Å². The molecule has 6 heteroatoms. The number of hydrogen-bond acceptors (Lipinski definition) is 4. The summed E-state index contributed by atoms with van der Waals surface area (Å²) in [6.45, 7) is 5.78. The van der Waals surface area contributed by atoms with Crippen LogP contribution in [0.5, 0.6) is 0 Å². The second-order valence-electron chi connectivity index (χ2n) is 5.32. The van der Waals surface area contributed by atoms with Crippen molar-refractivity contribution in [1.29, 1.82) is 0 Å². The highest BCUT2D eigenvalue weighted by molar-refractivity contribution is 7.98. The topological polar surface area (TPSA) is 68.0 Å². The van der Waals surface area contributed by atoms with E-state index in [-0.39, 0.29) is 5.92 Å². The maximum atomic E-state index is 11.3. The number of nitrogens with zero attached hydrogens (tertiary/aromatic N) is 3. The fourth-order valence-corrected chi connectivity index (χ4v) is 2.97. The smallest absolute Gasteiger partial charge is 0.328 e. The van der Waals surface area contributed by atoms with E-state index in [9.17, 15) is 9.90 Å². The minimum Gasteiger partial charge on any atom is -0.480 e. The van der Waals surface area contributed by atoms with Gasteiger partial charge in [-0.05, 0) is 25.0 Å². The van der Waals surface area contributed by atoms with Gasteiger partial charge < -0.3 is 5.11 Å². The van der Waals surface area contributed by atoms with Crippen molar-refractivity contribution in [3.63, 3.8) is 0 Å². The first kappa shape index (κ1) is 15.6. The fraction of sp³-hybridized carbons (Fsp3) is 0.400. The maximum absolute atomic E-state index is 11.3. The van der Waals surface area contributed by atoms with Gasteiger partial charge in [0.2, 0.25) is 0 Å². The van der Waals surface area contributed by atoms with Gasteiger partial charge in [-0.3, -0.25) is 0 Å². The molecular weight excluding hydrogens is 286 g/mol. The van der Waals surface area contributed by atoms with Crippen LogP contribution in [0, 0.1) is 12.8 Å². The van der Waals surface area contributed by atoms with Gasteiger partial charge >= 0.3 is 5.97 Å². The number of hydrogen-bond donors (Lipinski definition) is 1. The van der Waals surface area contributed by atoms with Gasteiger partial charge in [0.15, 0.2) is 6.04 Å². The lowest BCUT2D eigenvalue weighted by Crippen LogP contribution is -2.24. The van der Waals surface area contributed by atoms with E-state index in [4.69, 9.17) is 0 Å². The Morgan fingerprint density at radius 3 is 2.81 bits per heavy atom. The molecule has 0 radical (unpaired) electrons. The highest BCUT2D eigenvalue weighted by Gasteiger charge is 2.24. The SMILES string of the molecule is Cc1cccc(SCc2cn([C@H](C(=O)O)C(C)C)nn2)c1. The summed E-state index contributed by atoms with van der Waals surface area (Å²) in [5.74, 6) is -0.247. The molecule has 0 aliphatic heterocycles. The monoisotopic (exact) mass is 305 g/mol. The third-order valence-corrected chi connectivity index (χ3v) is 4.13. The van der Waals surface area contributed by atoms with Gasteiger partial charge in [-0.25, -0.2) is 9.48 Å². The zero-order chi connectivity index (χ0) is 15.4. The Bertz CT molecular complexity index is 625. The lowest BCUT2D eigenvalue weighted by Gasteiger charge is -2.15. The highest BCUT2D eigenvalue weighted by atomic mass is 32.2. The Morgan fingerprint density at radius 2 is 2.19 bits per heavy atom. The van der Waals surface area contributed by atoms with Crippen molar-refractivity contribution in [2.75, 3.05) is 0 Å². The number of thioether (sulfide) groups is 1. The molecular formula is C15H19N3O2S. The summed E-state index contributed by atoms with van der Waals surface area (Å²) in [6, 6.07) is 7.57. The summed E-state index contributed by atoms with van der Waals surface area (Å²) >= 11 is 1.67. The van der Waals surface area contributed by atoms with Crippen LogP contribution in [-0.2, 0) is 10.5 Å². The average Bonchev–Trinajstić information content (AvgIpc) is 2.84. The van der Waals surface area contributed by atoms with E-state index in [1.165, 1.54) is 15.1 Å². The molecule has 0 bridgehead atoms. The van der Waals surface area contributed by atoms with Crippen LogP contribution < -0.4 is 0 Å². The molecule has 2 aromatic rings. The Morgan fingerprint density at radius 1 is 1.43 bits per heavy atom. The first-order chi connectivity index (χ1) is 9.97. The molecule has 1 aromatic heterocycles. The molecule has 1 atom stereocenters. The molecule has 0 saturated carbocycles.